The number of halogens is 1. The number of carbonyl (C=O) groups is 1. The van der Waals surface area contributed by atoms with Crippen molar-refractivity contribution in [2.75, 3.05) is 6.54 Å². The van der Waals surface area contributed by atoms with Crippen LogP contribution in [0.5, 0.6) is 0 Å². The Labute approximate surface area is 176 Å². The van der Waals surface area contributed by atoms with Crippen LogP contribution in [0, 0.1) is 29.6 Å². The number of hydrogen-bond acceptors (Lipinski definition) is 2. The van der Waals surface area contributed by atoms with E-state index in [4.69, 9.17) is 11.2 Å². The smallest absolute Gasteiger partial charge is 0.255 e. The number of amides is 1. The predicted molar refractivity (Wildman–Crippen MR) is 116 cm³/mol. The lowest BCUT2D eigenvalue weighted by Gasteiger charge is -2.49. The molecule has 0 unspecified atom stereocenters. The van der Waals surface area contributed by atoms with Crippen molar-refractivity contribution in [2.45, 2.75) is 56.2 Å². The van der Waals surface area contributed by atoms with Crippen LogP contribution in [0.2, 0.25) is 0 Å². The summed E-state index contributed by atoms with van der Waals surface area (Å²) in [4.78, 5) is 14.8. The number of rotatable bonds is 5. The van der Waals surface area contributed by atoms with E-state index in [1.54, 1.807) is 4.90 Å². The van der Waals surface area contributed by atoms with Gasteiger partial charge in [-0.25, -0.2) is 0 Å². The number of fused-ring (bicyclic) bond motifs is 1. The third-order valence-corrected chi connectivity index (χ3v) is 8.52. The average Bonchev–Trinajstić information content (AvgIpc) is 3.19. The molecule has 0 spiro atoms. The number of β-lactam (4-membered cyclic amide) rings is 1. The van der Waals surface area contributed by atoms with Gasteiger partial charge in [0.05, 0.1) is 18.2 Å². The van der Waals surface area contributed by atoms with E-state index >= 15 is 0 Å². The van der Waals surface area contributed by atoms with Gasteiger partial charge in [0.15, 0.2) is 6.10 Å². The summed E-state index contributed by atoms with van der Waals surface area (Å²) in [7, 11) is 0. The summed E-state index contributed by atoms with van der Waals surface area (Å²) in [6.45, 7) is 7.17. The molecule has 0 N–H and O–H groups in total. The van der Waals surface area contributed by atoms with E-state index in [1.807, 2.05) is 36.4 Å². The number of ether oxygens (including phenoxy) is 1. The molecule has 2 aliphatic carbocycles. The van der Waals surface area contributed by atoms with Gasteiger partial charge in [-0.1, -0.05) is 78.2 Å². The van der Waals surface area contributed by atoms with Crippen molar-refractivity contribution >= 4 is 27.9 Å². The molecule has 0 aromatic heterocycles. The predicted octanol–water partition coefficient (Wildman–Crippen LogP) is 4.52. The number of likely N-dealkylation sites (tertiary alicyclic amines) is 1. The van der Waals surface area contributed by atoms with Crippen LogP contribution in [0.25, 0.3) is 6.08 Å². The minimum atomic E-state index is -0.461. The lowest BCUT2D eigenvalue weighted by atomic mass is 9.85. The Bertz CT molecular complexity index is 827. The van der Waals surface area contributed by atoms with Gasteiger partial charge in [-0.05, 0) is 42.6 Å². The Kier molecular flexibility index (Phi) is 4.96. The molecule has 3 fully saturated rings. The van der Waals surface area contributed by atoms with Crippen molar-refractivity contribution in [1.82, 2.24) is 4.90 Å². The van der Waals surface area contributed by atoms with Crippen LogP contribution < -0.4 is 0 Å². The molecule has 3 aliphatic rings. The Morgan fingerprint density at radius 3 is 2.68 bits per heavy atom. The molecule has 1 heterocycles. The highest BCUT2D eigenvalue weighted by Crippen LogP contribution is 2.68. The molecule has 148 valence electrons. The quantitative estimate of drug-likeness (QED) is 0.381. The second-order valence-electron chi connectivity index (χ2n) is 9.22. The first-order valence-electron chi connectivity index (χ1n) is 10.1. The van der Waals surface area contributed by atoms with Crippen LogP contribution in [-0.4, -0.2) is 39.9 Å². The van der Waals surface area contributed by atoms with Crippen molar-refractivity contribution < 1.29 is 9.53 Å². The molecule has 6 atom stereocenters. The summed E-state index contributed by atoms with van der Waals surface area (Å²) in [6.07, 6.45) is 11.2. The average molecular weight is 442 g/mol. The first-order chi connectivity index (χ1) is 13.3. The maximum Gasteiger partial charge on any atom is 0.255 e. The van der Waals surface area contributed by atoms with Crippen LogP contribution in [0.4, 0.5) is 0 Å². The monoisotopic (exact) mass is 441 g/mol. The van der Waals surface area contributed by atoms with E-state index in [0.29, 0.717) is 17.9 Å². The minimum absolute atomic E-state index is 0.00114. The van der Waals surface area contributed by atoms with Gasteiger partial charge < -0.3 is 9.64 Å². The lowest BCUT2D eigenvalue weighted by molar-refractivity contribution is -0.190. The SMILES string of the molecule is C#CCN1C(=O)[C@H](O[C@]2(C)C[C@H]3[C@@H](C[C@H]2Br)C3(C)C)[C@@H]1/C=C/c1ccccc1. The molecule has 2 saturated carbocycles. The largest absolute Gasteiger partial charge is 0.359 e. The van der Waals surface area contributed by atoms with Gasteiger partial charge in [-0.3, -0.25) is 4.79 Å². The highest BCUT2D eigenvalue weighted by Gasteiger charge is 2.65. The molecule has 1 aliphatic heterocycles. The first-order valence-corrected chi connectivity index (χ1v) is 11.0. The minimum Gasteiger partial charge on any atom is -0.359 e. The second-order valence-corrected chi connectivity index (χ2v) is 10.3. The van der Waals surface area contributed by atoms with Crippen molar-refractivity contribution in [1.29, 1.82) is 0 Å². The molecule has 1 aromatic carbocycles. The summed E-state index contributed by atoms with van der Waals surface area (Å²) in [5.74, 6) is 4.04. The summed E-state index contributed by atoms with van der Waals surface area (Å²) in [6, 6.07) is 9.98. The van der Waals surface area contributed by atoms with Gasteiger partial charge in [-0.2, -0.15) is 0 Å². The number of nitrogens with zero attached hydrogens (tertiary/aromatic N) is 1. The highest BCUT2D eigenvalue weighted by atomic mass is 79.9. The molecule has 1 aromatic rings. The van der Waals surface area contributed by atoms with Gasteiger partial charge in [-0.15, -0.1) is 6.42 Å². The van der Waals surface area contributed by atoms with Gasteiger partial charge >= 0.3 is 0 Å². The second kappa shape index (κ2) is 7.04. The molecular formula is C24H28BrNO2. The molecule has 3 nitrogen and oxygen atoms in total. The Morgan fingerprint density at radius 1 is 1.29 bits per heavy atom. The zero-order valence-electron chi connectivity index (χ0n) is 16.8. The van der Waals surface area contributed by atoms with Crippen LogP contribution in [0.3, 0.4) is 0 Å². The number of alkyl halides is 1. The standard InChI is InChI=1S/C24H28BrNO2/c1-5-13-26-19(12-11-16-9-7-6-8-10-16)21(22(26)27)28-24(4)15-18-17(14-20(24)25)23(18,2)3/h1,6-12,17-21H,13-15H2,2-4H3/b12-11+/t17-,18+,19+,20-,21-,24-/m1/s1. The Balaban J connectivity index is 1.51. The fraction of sp³-hybridized carbons (Fsp3) is 0.542. The third-order valence-electron chi connectivity index (χ3n) is 7.18. The maximum absolute atomic E-state index is 12.8. The molecule has 0 radical (unpaired) electrons. The van der Waals surface area contributed by atoms with E-state index in [0.717, 1.165) is 24.3 Å². The van der Waals surface area contributed by atoms with Crippen molar-refractivity contribution in [3.8, 4) is 12.3 Å². The normalized spacial score (nSPS) is 38.6. The van der Waals surface area contributed by atoms with Gasteiger partial charge in [0.2, 0.25) is 0 Å². The van der Waals surface area contributed by atoms with Gasteiger partial charge in [0.25, 0.3) is 5.91 Å². The molecule has 1 saturated heterocycles. The topological polar surface area (TPSA) is 29.5 Å². The molecule has 1 amide bonds. The van der Waals surface area contributed by atoms with Gasteiger partial charge in [0.1, 0.15) is 0 Å². The van der Waals surface area contributed by atoms with Crippen LogP contribution >= 0.6 is 15.9 Å². The Morgan fingerprint density at radius 2 is 2.00 bits per heavy atom. The summed E-state index contributed by atoms with van der Waals surface area (Å²) in [5, 5.41) is 0. The zero-order valence-corrected chi connectivity index (χ0v) is 18.4. The fourth-order valence-electron chi connectivity index (χ4n) is 5.10. The van der Waals surface area contributed by atoms with Crippen LogP contribution in [-0.2, 0) is 9.53 Å². The lowest BCUT2D eigenvalue weighted by Crippen LogP contribution is -2.67. The molecule has 4 heteroatoms. The summed E-state index contributed by atoms with van der Waals surface area (Å²) >= 11 is 3.87. The number of hydrogen-bond donors (Lipinski definition) is 0. The fourth-order valence-corrected chi connectivity index (χ4v) is 5.80. The molecular weight excluding hydrogens is 414 g/mol. The van der Waals surface area contributed by atoms with Crippen molar-refractivity contribution in [3.05, 3.63) is 42.0 Å². The highest BCUT2D eigenvalue weighted by molar-refractivity contribution is 9.09. The first kappa shape index (κ1) is 19.7. The van der Waals surface area contributed by atoms with E-state index in [9.17, 15) is 4.79 Å². The Hall–Kier alpha value is -1.57. The number of benzene rings is 1. The third kappa shape index (κ3) is 3.23. The van der Waals surface area contributed by atoms with Crippen molar-refractivity contribution in [2.24, 2.45) is 17.3 Å². The van der Waals surface area contributed by atoms with E-state index in [2.05, 4.69) is 48.7 Å². The van der Waals surface area contributed by atoms with Crippen molar-refractivity contribution in [3.63, 3.8) is 0 Å². The molecule has 0 bridgehead atoms. The van der Waals surface area contributed by atoms with E-state index in [1.165, 1.54) is 0 Å². The number of terminal acetylenes is 1. The molecule has 4 rings (SSSR count). The zero-order chi connectivity index (χ0) is 20.1. The van der Waals surface area contributed by atoms with E-state index in [-0.39, 0.29) is 22.4 Å². The van der Waals surface area contributed by atoms with E-state index < -0.39 is 6.10 Å². The molecule has 28 heavy (non-hydrogen) atoms. The van der Waals surface area contributed by atoms with Crippen LogP contribution in [0.15, 0.2) is 36.4 Å². The van der Waals surface area contributed by atoms with Gasteiger partial charge in [0, 0.05) is 4.83 Å². The number of carbonyl (C=O) groups excluding carboxylic acids is 1. The summed E-state index contributed by atoms with van der Waals surface area (Å²) in [5.41, 5.74) is 1.15. The summed E-state index contributed by atoms with van der Waals surface area (Å²) < 4.78 is 6.55. The maximum atomic E-state index is 12.8. The van der Waals surface area contributed by atoms with Crippen LogP contribution in [0.1, 0.15) is 39.2 Å².